The monoisotopic (exact) mass is 381 g/mol. The van der Waals surface area contributed by atoms with E-state index in [1.54, 1.807) is 18.2 Å². The van der Waals surface area contributed by atoms with Gasteiger partial charge in [0.15, 0.2) is 5.11 Å². The molecule has 0 unspecified atom stereocenters. The third-order valence-electron chi connectivity index (χ3n) is 3.84. The molecule has 0 aliphatic heterocycles. The molecule has 0 aliphatic carbocycles. The molecule has 0 spiro atoms. The first kappa shape index (κ1) is 18.7. The maximum absolute atomic E-state index is 13.0. The number of nitrogens with zero attached hydrogens (tertiary/aromatic N) is 2. The third kappa shape index (κ3) is 5.46. The molecule has 0 amide bonds. The number of rotatable bonds is 5. The number of benzene rings is 2. The first-order valence-electron chi connectivity index (χ1n) is 8.50. The second kappa shape index (κ2) is 8.55. The van der Waals surface area contributed by atoms with Crippen LogP contribution in [0.2, 0.25) is 0 Å². The molecule has 0 bridgehead atoms. The normalized spacial score (nSPS) is 11.5. The van der Waals surface area contributed by atoms with Crippen molar-refractivity contribution in [2.45, 2.75) is 19.9 Å². The van der Waals surface area contributed by atoms with Gasteiger partial charge in [-0.15, -0.1) is 0 Å². The number of halogens is 1. The molecule has 138 valence electrons. The highest BCUT2D eigenvalue weighted by Crippen LogP contribution is 2.17. The van der Waals surface area contributed by atoms with Gasteiger partial charge in [-0.2, -0.15) is 4.98 Å². The van der Waals surface area contributed by atoms with Crippen LogP contribution in [0.5, 0.6) is 0 Å². The van der Waals surface area contributed by atoms with Crippen LogP contribution < -0.4 is 16.0 Å². The van der Waals surface area contributed by atoms with Crippen molar-refractivity contribution in [1.29, 1.82) is 0 Å². The van der Waals surface area contributed by atoms with Gasteiger partial charge in [-0.25, -0.2) is 9.37 Å². The summed E-state index contributed by atoms with van der Waals surface area (Å²) in [5.41, 5.74) is 2.64. The predicted molar refractivity (Wildman–Crippen MR) is 111 cm³/mol. The van der Waals surface area contributed by atoms with Gasteiger partial charge in [-0.3, -0.25) is 0 Å². The van der Waals surface area contributed by atoms with Crippen LogP contribution in [-0.4, -0.2) is 15.1 Å². The van der Waals surface area contributed by atoms with Crippen molar-refractivity contribution >= 4 is 34.8 Å². The van der Waals surface area contributed by atoms with E-state index in [2.05, 4.69) is 25.9 Å². The number of aromatic nitrogens is 2. The fraction of sp³-hybridized carbons (Fsp3) is 0.150. The minimum atomic E-state index is -0.286. The average Bonchev–Trinajstić information content (AvgIpc) is 2.63. The van der Waals surface area contributed by atoms with Crippen LogP contribution in [0.3, 0.4) is 0 Å². The van der Waals surface area contributed by atoms with Gasteiger partial charge in [0.05, 0.1) is 6.04 Å². The molecule has 3 aromatic rings. The van der Waals surface area contributed by atoms with Gasteiger partial charge in [0.25, 0.3) is 0 Å². The zero-order valence-corrected chi connectivity index (χ0v) is 15.8. The largest absolute Gasteiger partial charge is 0.356 e. The predicted octanol–water partition coefficient (Wildman–Crippen LogP) is 4.72. The Hall–Kier alpha value is -3.06. The fourth-order valence-corrected chi connectivity index (χ4v) is 2.80. The summed E-state index contributed by atoms with van der Waals surface area (Å²) < 4.78 is 13.0. The van der Waals surface area contributed by atoms with Crippen LogP contribution in [0, 0.1) is 12.7 Å². The summed E-state index contributed by atoms with van der Waals surface area (Å²) in [6, 6.07) is 17.9. The van der Waals surface area contributed by atoms with E-state index >= 15 is 0 Å². The van der Waals surface area contributed by atoms with E-state index in [0.29, 0.717) is 16.9 Å². The molecule has 2 aromatic carbocycles. The number of nitrogens with one attached hydrogen (secondary N) is 3. The molecule has 0 fully saturated rings. The summed E-state index contributed by atoms with van der Waals surface area (Å²) in [4.78, 5) is 8.78. The van der Waals surface area contributed by atoms with Crippen molar-refractivity contribution in [1.82, 2.24) is 15.3 Å². The summed E-state index contributed by atoms with van der Waals surface area (Å²) >= 11 is 5.38. The maximum atomic E-state index is 13.0. The number of hydrogen-bond donors (Lipinski definition) is 3. The Kier molecular flexibility index (Phi) is 5.93. The lowest BCUT2D eigenvalue weighted by molar-refractivity contribution is 0.628. The SMILES string of the molecule is Cc1cc(Nc2ccc(F)cc2)nc(NC(=S)N[C@H](C)c2ccccc2)n1. The van der Waals surface area contributed by atoms with Gasteiger partial charge in [0, 0.05) is 17.4 Å². The number of anilines is 3. The Morgan fingerprint density at radius 3 is 2.44 bits per heavy atom. The highest BCUT2D eigenvalue weighted by Gasteiger charge is 2.09. The topological polar surface area (TPSA) is 61.9 Å². The quantitative estimate of drug-likeness (QED) is 0.556. The van der Waals surface area contributed by atoms with Crippen LogP contribution in [0.1, 0.15) is 24.2 Å². The zero-order valence-electron chi connectivity index (χ0n) is 15.0. The summed E-state index contributed by atoms with van der Waals surface area (Å²) in [6.07, 6.45) is 0. The third-order valence-corrected chi connectivity index (χ3v) is 4.06. The highest BCUT2D eigenvalue weighted by molar-refractivity contribution is 7.80. The fourth-order valence-electron chi connectivity index (χ4n) is 2.53. The average molecular weight is 381 g/mol. The molecule has 3 rings (SSSR count). The molecule has 0 saturated heterocycles. The van der Waals surface area contributed by atoms with Gasteiger partial charge < -0.3 is 16.0 Å². The first-order valence-corrected chi connectivity index (χ1v) is 8.91. The second-order valence-electron chi connectivity index (χ2n) is 6.08. The second-order valence-corrected chi connectivity index (χ2v) is 6.49. The molecule has 0 saturated carbocycles. The van der Waals surface area contributed by atoms with E-state index in [-0.39, 0.29) is 11.9 Å². The standard InChI is InChI=1S/C20H20FN5S/c1-13-12-18(24-17-10-8-16(21)9-11-17)25-19(22-13)26-20(27)23-14(2)15-6-4-3-5-7-15/h3-12,14H,1-2H3,(H3,22,23,24,25,26,27)/t14-/m1/s1. The van der Waals surface area contributed by atoms with Crippen molar-refractivity contribution in [2.24, 2.45) is 0 Å². The summed E-state index contributed by atoms with van der Waals surface area (Å²) in [5, 5.41) is 9.80. The maximum Gasteiger partial charge on any atom is 0.231 e. The Balaban J connectivity index is 1.66. The molecular weight excluding hydrogens is 361 g/mol. The van der Waals surface area contributed by atoms with Gasteiger partial charge in [0.2, 0.25) is 5.95 Å². The summed E-state index contributed by atoms with van der Waals surface area (Å²) in [5.74, 6) is 0.693. The molecule has 0 aliphatic rings. The molecule has 1 heterocycles. The van der Waals surface area contributed by atoms with Crippen LogP contribution in [0.4, 0.5) is 21.8 Å². The molecule has 7 heteroatoms. The van der Waals surface area contributed by atoms with Gasteiger partial charge in [0.1, 0.15) is 11.6 Å². The van der Waals surface area contributed by atoms with Crippen LogP contribution in [0.25, 0.3) is 0 Å². The van der Waals surface area contributed by atoms with E-state index < -0.39 is 0 Å². The lowest BCUT2D eigenvalue weighted by Gasteiger charge is -2.17. The zero-order chi connectivity index (χ0) is 19.2. The van der Waals surface area contributed by atoms with Crippen molar-refractivity contribution in [3.05, 3.63) is 77.7 Å². The molecule has 3 N–H and O–H groups in total. The smallest absolute Gasteiger partial charge is 0.231 e. The minimum Gasteiger partial charge on any atom is -0.356 e. The van der Waals surface area contributed by atoms with E-state index in [9.17, 15) is 4.39 Å². The van der Waals surface area contributed by atoms with Crippen molar-refractivity contribution < 1.29 is 4.39 Å². The van der Waals surface area contributed by atoms with Crippen molar-refractivity contribution in [3.8, 4) is 0 Å². The Labute approximate surface area is 163 Å². The highest BCUT2D eigenvalue weighted by atomic mass is 32.1. The first-order chi connectivity index (χ1) is 13.0. The van der Waals surface area contributed by atoms with Crippen LogP contribution >= 0.6 is 12.2 Å². The molecule has 5 nitrogen and oxygen atoms in total. The van der Waals surface area contributed by atoms with E-state index in [1.165, 1.54) is 12.1 Å². The minimum absolute atomic E-state index is 0.0489. The number of aryl methyl sites for hydroxylation is 1. The lowest BCUT2D eigenvalue weighted by atomic mass is 10.1. The van der Waals surface area contributed by atoms with Gasteiger partial charge >= 0.3 is 0 Å². The molecule has 1 aromatic heterocycles. The molecule has 27 heavy (non-hydrogen) atoms. The van der Waals surface area contributed by atoms with E-state index in [0.717, 1.165) is 16.9 Å². The molecular formula is C20H20FN5S. The van der Waals surface area contributed by atoms with Gasteiger partial charge in [-0.05, 0) is 55.9 Å². The van der Waals surface area contributed by atoms with Crippen molar-refractivity contribution in [2.75, 3.05) is 10.6 Å². The summed E-state index contributed by atoms with van der Waals surface area (Å²) in [7, 11) is 0. The Bertz CT molecular complexity index is 915. The van der Waals surface area contributed by atoms with Crippen molar-refractivity contribution in [3.63, 3.8) is 0 Å². The number of thiocarbonyl (C=S) groups is 1. The Morgan fingerprint density at radius 1 is 1.04 bits per heavy atom. The van der Waals surface area contributed by atoms with Crippen LogP contribution in [-0.2, 0) is 0 Å². The number of hydrogen-bond acceptors (Lipinski definition) is 4. The van der Waals surface area contributed by atoms with E-state index in [4.69, 9.17) is 12.2 Å². The molecule has 0 radical (unpaired) electrons. The lowest BCUT2D eigenvalue weighted by Crippen LogP contribution is -2.31. The van der Waals surface area contributed by atoms with Crippen LogP contribution in [0.15, 0.2) is 60.7 Å². The van der Waals surface area contributed by atoms with Gasteiger partial charge in [-0.1, -0.05) is 30.3 Å². The summed E-state index contributed by atoms with van der Waals surface area (Å²) in [6.45, 7) is 3.90. The molecule has 1 atom stereocenters. The Morgan fingerprint density at radius 2 is 1.74 bits per heavy atom. The van der Waals surface area contributed by atoms with E-state index in [1.807, 2.05) is 44.2 Å².